The molecular weight excluding hydrogens is 517 g/mol. The maximum atomic E-state index is 12.1. The molecule has 2 aromatic carbocycles. The molecule has 1 fully saturated rings. The second-order valence-corrected chi connectivity index (χ2v) is 9.86. The first-order chi connectivity index (χ1) is 15.6. The first-order valence-electron chi connectivity index (χ1n) is 11.5. The van der Waals surface area contributed by atoms with Crippen molar-refractivity contribution in [3.05, 3.63) is 56.7 Å². The van der Waals surface area contributed by atoms with Gasteiger partial charge < -0.3 is 19.1 Å². The zero-order valence-corrected chi connectivity index (χ0v) is 20.9. The van der Waals surface area contributed by atoms with Crippen LogP contribution >= 0.6 is 22.6 Å². The molecule has 2 aromatic rings. The number of likely N-dealkylation sites (tertiary alicyclic amines) is 1. The highest BCUT2D eigenvalue weighted by molar-refractivity contribution is 14.1. The summed E-state index contributed by atoms with van der Waals surface area (Å²) in [4.78, 5) is 14.7. The van der Waals surface area contributed by atoms with Crippen molar-refractivity contribution in [1.29, 1.82) is 0 Å². The minimum atomic E-state index is 0.205. The lowest BCUT2D eigenvalue weighted by Gasteiger charge is -2.32. The van der Waals surface area contributed by atoms with Crippen molar-refractivity contribution >= 4 is 28.4 Å². The molecule has 2 aliphatic rings. The zero-order chi connectivity index (χ0) is 22.3. The van der Waals surface area contributed by atoms with E-state index in [0.717, 1.165) is 59.0 Å². The Balaban J connectivity index is 1.24. The minimum Gasteiger partial charge on any atom is -0.492 e. The van der Waals surface area contributed by atoms with Gasteiger partial charge in [-0.2, -0.15) is 0 Å². The maximum Gasteiger partial charge on any atom is 0.170 e. The number of halogens is 1. The van der Waals surface area contributed by atoms with Crippen molar-refractivity contribution < 1.29 is 19.0 Å². The highest BCUT2D eigenvalue weighted by atomic mass is 127. The van der Waals surface area contributed by atoms with Crippen LogP contribution in [0.3, 0.4) is 0 Å². The third kappa shape index (κ3) is 6.23. The van der Waals surface area contributed by atoms with Gasteiger partial charge in [0.1, 0.15) is 18.1 Å². The zero-order valence-electron chi connectivity index (χ0n) is 18.8. The van der Waals surface area contributed by atoms with Crippen LogP contribution in [0.2, 0.25) is 0 Å². The summed E-state index contributed by atoms with van der Waals surface area (Å²) in [5.74, 6) is 2.63. The lowest BCUT2D eigenvalue weighted by Crippen LogP contribution is -2.35. The molecule has 172 valence electrons. The van der Waals surface area contributed by atoms with Crippen molar-refractivity contribution in [3.63, 3.8) is 0 Å². The number of Topliss-reactive ketones (excluding diaryl/α,β-unsaturated/α-hetero) is 1. The number of ketones is 1. The van der Waals surface area contributed by atoms with Gasteiger partial charge in [0.2, 0.25) is 0 Å². The number of carbonyl (C=O) groups is 1. The predicted octanol–water partition coefficient (Wildman–Crippen LogP) is 4.78. The van der Waals surface area contributed by atoms with Crippen LogP contribution in [-0.2, 0) is 17.6 Å². The first kappa shape index (κ1) is 23.5. The number of hydrogen-bond donors (Lipinski definition) is 0. The van der Waals surface area contributed by atoms with Gasteiger partial charge in [-0.1, -0.05) is 12.1 Å². The lowest BCUT2D eigenvalue weighted by molar-refractivity contribution is 0.0933. The van der Waals surface area contributed by atoms with Gasteiger partial charge in [-0.25, -0.2) is 0 Å². The second kappa shape index (κ2) is 11.5. The fourth-order valence-corrected chi connectivity index (χ4v) is 5.01. The average molecular weight is 549 g/mol. The Hall–Kier alpha value is -1.64. The van der Waals surface area contributed by atoms with E-state index in [1.807, 2.05) is 12.1 Å². The molecule has 0 amide bonds. The Morgan fingerprint density at radius 2 is 1.91 bits per heavy atom. The topological polar surface area (TPSA) is 48.0 Å². The quantitative estimate of drug-likeness (QED) is 0.333. The van der Waals surface area contributed by atoms with Crippen molar-refractivity contribution in [2.75, 3.05) is 46.6 Å². The van der Waals surface area contributed by atoms with Gasteiger partial charge in [-0.05, 0) is 103 Å². The highest BCUT2D eigenvalue weighted by Gasteiger charge is 2.21. The van der Waals surface area contributed by atoms with Gasteiger partial charge in [0.25, 0.3) is 0 Å². The van der Waals surface area contributed by atoms with Gasteiger partial charge in [0, 0.05) is 20.1 Å². The van der Waals surface area contributed by atoms with E-state index >= 15 is 0 Å². The number of ether oxygens (including phenoxy) is 3. The first-order valence-corrected chi connectivity index (χ1v) is 12.6. The van der Waals surface area contributed by atoms with Crippen molar-refractivity contribution in [1.82, 2.24) is 4.90 Å². The summed E-state index contributed by atoms with van der Waals surface area (Å²) >= 11 is 2.33. The molecule has 0 atom stereocenters. The molecule has 0 aromatic heterocycles. The van der Waals surface area contributed by atoms with Crippen molar-refractivity contribution in [3.8, 4) is 11.5 Å². The smallest absolute Gasteiger partial charge is 0.170 e. The maximum absolute atomic E-state index is 12.1. The fourth-order valence-electron chi connectivity index (χ4n) is 4.52. The summed E-state index contributed by atoms with van der Waals surface area (Å²) in [6.45, 7) is 5.01. The van der Waals surface area contributed by atoms with Crippen LogP contribution in [0.1, 0.15) is 40.7 Å². The molecule has 2 heterocycles. The molecule has 0 spiro atoms. The molecule has 4 rings (SSSR count). The number of methoxy groups -OCH3 is 1. The molecule has 0 aliphatic carbocycles. The van der Waals surface area contributed by atoms with Gasteiger partial charge in [-0.15, -0.1) is 0 Å². The van der Waals surface area contributed by atoms with E-state index in [0.29, 0.717) is 26.2 Å². The molecular formula is C26H32INO4. The number of nitrogens with zero attached hydrogens (tertiary/aromatic N) is 1. The monoisotopic (exact) mass is 549 g/mol. The number of carbonyl (C=O) groups excluding carboxylic acids is 1. The Morgan fingerprint density at radius 1 is 1.09 bits per heavy atom. The summed E-state index contributed by atoms with van der Waals surface area (Å²) in [6.07, 6.45) is 5.03. The second-order valence-electron chi connectivity index (χ2n) is 8.70. The van der Waals surface area contributed by atoms with Crippen LogP contribution in [0.25, 0.3) is 0 Å². The van der Waals surface area contributed by atoms with E-state index in [1.165, 1.54) is 24.0 Å². The molecule has 32 heavy (non-hydrogen) atoms. The number of benzene rings is 2. The van der Waals surface area contributed by atoms with E-state index in [1.54, 1.807) is 7.11 Å². The highest BCUT2D eigenvalue weighted by Crippen LogP contribution is 2.28. The summed E-state index contributed by atoms with van der Waals surface area (Å²) in [5.41, 5.74) is 3.34. The largest absolute Gasteiger partial charge is 0.492 e. The minimum absolute atomic E-state index is 0.205. The number of piperidine rings is 1. The molecule has 0 radical (unpaired) electrons. The summed E-state index contributed by atoms with van der Waals surface area (Å²) in [7, 11) is 1.69. The molecule has 0 saturated carbocycles. The summed E-state index contributed by atoms with van der Waals surface area (Å²) in [6, 6.07) is 12.7. The molecule has 0 bridgehead atoms. The van der Waals surface area contributed by atoms with Crippen LogP contribution in [0.5, 0.6) is 11.5 Å². The number of rotatable bonds is 9. The van der Waals surface area contributed by atoms with Gasteiger partial charge in [0.15, 0.2) is 5.78 Å². The van der Waals surface area contributed by atoms with E-state index in [2.05, 4.69) is 51.8 Å². The Morgan fingerprint density at radius 3 is 2.72 bits per heavy atom. The molecule has 0 N–H and O–H groups in total. The van der Waals surface area contributed by atoms with Crippen LogP contribution < -0.4 is 9.47 Å². The average Bonchev–Trinajstić information content (AvgIpc) is 2.81. The fraction of sp³-hybridized carbons (Fsp3) is 0.500. The van der Waals surface area contributed by atoms with E-state index in [9.17, 15) is 4.79 Å². The number of fused-ring (bicyclic) bond motifs is 1. The molecule has 0 unspecified atom stereocenters. The van der Waals surface area contributed by atoms with Crippen LogP contribution in [0.4, 0.5) is 0 Å². The predicted molar refractivity (Wildman–Crippen MR) is 134 cm³/mol. The van der Waals surface area contributed by atoms with Crippen LogP contribution in [0.15, 0.2) is 36.4 Å². The lowest BCUT2D eigenvalue weighted by atomic mass is 9.90. The third-order valence-corrected chi connectivity index (χ3v) is 7.31. The van der Waals surface area contributed by atoms with Gasteiger partial charge in [0.05, 0.1) is 22.3 Å². The van der Waals surface area contributed by atoms with E-state index < -0.39 is 0 Å². The third-order valence-electron chi connectivity index (χ3n) is 6.42. The standard InChI is InChI=1S/C26H32INO4/c1-30-14-15-32-26-18-21(2-4-23(26)27)16-20-7-11-28(12-8-20)10-6-19-3-5-25-22(17-19)24(29)9-13-31-25/h2-5,17-18,20H,6-16H2,1H3. The molecule has 6 heteroatoms. The van der Waals surface area contributed by atoms with Gasteiger partial charge in [-0.3, -0.25) is 4.79 Å². The van der Waals surface area contributed by atoms with Crippen molar-refractivity contribution in [2.45, 2.75) is 32.1 Å². The Bertz CT molecular complexity index is 924. The SMILES string of the molecule is COCCOc1cc(CC2CCN(CCc3ccc4c(c3)C(=O)CCO4)CC2)ccc1I. The summed E-state index contributed by atoms with van der Waals surface area (Å²) < 4.78 is 17.7. The molecule has 1 saturated heterocycles. The number of hydrogen-bond acceptors (Lipinski definition) is 5. The summed E-state index contributed by atoms with van der Waals surface area (Å²) in [5, 5.41) is 0. The Kier molecular flexibility index (Phi) is 8.43. The van der Waals surface area contributed by atoms with Crippen LogP contribution in [-0.4, -0.2) is 57.2 Å². The molecule has 5 nitrogen and oxygen atoms in total. The van der Waals surface area contributed by atoms with Crippen LogP contribution in [0, 0.1) is 9.49 Å². The molecule has 2 aliphatic heterocycles. The normalized spacial score (nSPS) is 17.1. The van der Waals surface area contributed by atoms with Gasteiger partial charge >= 0.3 is 0 Å². The van der Waals surface area contributed by atoms with E-state index in [-0.39, 0.29) is 5.78 Å². The van der Waals surface area contributed by atoms with Crippen molar-refractivity contribution in [2.24, 2.45) is 5.92 Å². The van der Waals surface area contributed by atoms with E-state index in [4.69, 9.17) is 14.2 Å². The Labute approximate surface area is 204 Å².